The third-order valence-corrected chi connectivity index (χ3v) is 8.09. The molecule has 1 fully saturated rings. The molecule has 0 radical (unpaired) electrons. The number of nitrogens with zero attached hydrogens (tertiary/aromatic N) is 2. The Hall–Kier alpha value is -3.08. The Balaban J connectivity index is 1.94. The smallest absolute Gasteiger partial charge is 0.352 e. The molecule has 0 saturated heterocycles. The van der Waals surface area contributed by atoms with Gasteiger partial charge in [0.25, 0.3) is 0 Å². The third-order valence-electron chi connectivity index (χ3n) is 6.95. The van der Waals surface area contributed by atoms with E-state index < -0.39 is 40.3 Å². The molecule has 2 amide bonds. The Bertz CT molecular complexity index is 1240. The molecule has 0 aliphatic heterocycles. The number of anilines is 1. The maximum Gasteiger partial charge on any atom is 0.416 e. The highest BCUT2D eigenvalue weighted by molar-refractivity contribution is 7.92. The Morgan fingerprint density at radius 3 is 2.26 bits per heavy atom. The molecule has 0 spiro atoms. The summed E-state index contributed by atoms with van der Waals surface area (Å²) in [7, 11) is -4.14. The fourth-order valence-corrected chi connectivity index (χ4v) is 5.65. The number of aryl methyl sites for hydroxylation is 1. The van der Waals surface area contributed by atoms with Crippen molar-refractivity contribution in [2.45, 2.75) is 77.2 Å². The van der Waals surface area contributed by atoms with E-state index in [1.54, 1.807) is 6.92 Å². The summed E-state index contributed by atoms with van der Waals surface area (Å²) < 4.78 is 66.0. The minimum atomic E-state index is -4.69. The molecule has 0 bridgehead atoms. The summed E-state index contributed by atoms with van der Waals surface area (Å²) >= 11 is 0. The Morgan fingerprint density at radius 1 is 1.05 bits per heavy atom. The molecule has 2 aromatic rings. The van der Waals surface area contributed by atoms with Crippen LogP contribution in [0.25, 0.3) is 0 Å². The van der Waals surface area contributed by atoms with Gasteiger partial charge < -0.3 is 10.2 Å². The summed E-state index contributed by atoms with van der Waals surface area (Å²) in [6, 6.07) is 10.3. The number of rotatable bonds is 10. The second-order valence-corrected chi connectivity index (χ2v) is 12.0. The van der Waals surface area contributed by atoms with Crippen LogP contribution in [0.2, 0.25) is 0 Å². The van der Waals surface area contributed by atoms with Crippen LogP contribution in [0.5, 0.6) is 0 Å². The molecule has 1 atom stereocenters. The van der Waals surface area contributed by atoms with Gasteiger partial charge in [-0.05, 0) is 49.9 Å². The van der Waals surface area contributed by atoms with Gasteiger partial charge in [0, 0.05) is 12.6 Å². The molecule has 1 aliphatic rings. The molecule has 214 valence electrons. The van der Waals surface area contributed by atoms with Crippen molar-refractivity contribution in [3.63, 3.8) is 0 Å². The molecule has 0 heterocycles. The van der Waals surface area contributed by atoms with Gasteiger partial charge in [0.15, 0.2) is 0 Å². The number of halogens is 3. The first kappa shape index (κ1) is 30.5. The van der Waals surface area contributed by atoms with Crippen molar-refractivity contribution in [2.75, 3.05) is 17.1 Å². The molecular formula is C28H36F3N3O4S. The number of carbonyl (C=O) groups excluding carboxylic acids is 2. The number of carbonyl (C=O) groups is 2. The number of benzene rings is 2. The van der Waals surface area contributed by atoms with Crippen molar-refractivity contribution in [1.29, 1.82) is 0 Å². The van der Waals surface area contributed by atoms with E-state index in [2.05, 4.69) is 5.32 Å². The van der Waals surface area contributed by atoms with Crippen LogP contribution < -0.4 is 9.62 Å². The van der Waals surface area contributed by atoms with E-state index in [9.17, 15) is 31.2 Å². The lowest BCUT2D eigenvalue weighted by atomic mass is 9.95. The fraction of sp³-hybridized carbons (Fsp3) is 0.500. The van der Waals surface area contributed by atoms with Crippen molar-refractivity contribution in [1.82, 2.24) is 10.2 Å². The van der Waals surface area contributed by atoms with Crippen LogP contribution in [-0.2, 0) is 32.3 Å². The lowest BCUT2D eigenvalue weighted by Crippen LogP contribution is -2.53. The molecule has 7 nitrogen and oxygen atoms in total. The molecule has 0 unspecified atom stereocenters. The Kier molecular flexibility index (Phi) is 10.0. The van der Waals surface area contributed by atoms with Gasteiger partial charge in [-0.1, -0.05) is 62.1 Å². The van der Waals surface area contributed by atoms with Crippen LogP contribution in [0.1, 0.15) is 62.1 Å². The van der Waals surface area contributed by atoms with Crippen molar-refractivity contribution in [3.05, 3.63) is 65.2 Å². The lowest BCUT2D eigenvalue weighted by Gasteiger charge is -2.34. The molecule has 3 rings (SSSR count). The van der Waals surface area contributed by atoms with Gasteiger partial charge in [0.1, 0.15) is 12.6 Å². The molecular weight excluding hydrogens is 531 g/mol. The van der Waals surface area contributed by atoms with Crippen LogP contribution in [0, 0.1) is 6.92 Å². The van der Waals surface area contributed by atoms with Gasteiger partial charge in [-0.25, -0.2) is 8.42 Å². The first-order valence-corrected chi connectivity index (χ1v) is 14.9. The van der Waals surface area contributed by atoms with Gasteiger partial charge >= 0.3 is 6.18 Å². The van der Waals surface area contributed by atoms with Gasteiger partial charge in [-0.15, -0.1) is 0 Å². The molecule has 1 aliphatic carbocycles. The predicted molar refractivity (Wildman–Crippen MR) is 144 cm³/mol. The van der Waals surface area contributed by atoms with E-state index in [1.165, 1.54) is 11.0 Å². The minimum absolute atomic E-state index is 0.00857. The average Bonchev–Trinajstić information content (AvgIpc) is 2.87. The number of alkyl halides is 3. The number of sulfonamides is 1. The van der Waals surface area contributed by atoms with E-state index in [0.29, 0.717) is 10.4 Å². The SMILES string of the molecule is CC[C@H](C(=O)NC1CCCCC1)N(Cc1ccc(C)cc1)C(=O)CN(c1cccc(C(F)(F)F)c1)S(C)(=O)=O. The normalized spacial score (nSPS) is 15.4. The maximum absolute atomic E-state index is 13.7. The molecule has 0 aromatic heterocycles. The number of hydrogen-bond acceptors (Lipinski definition) is 4. The summed E-state index contributed by atoms with van der Waals surface area (Å²) in [5, 5.41) is 3.05. The highest BCUT2D eigenvalue weighted by Crippen LogP contribution is 2.32. The van der Waals surface area contributed by atoms with Gasteiger partial charge in [0.2, 0.25) is 21.8 Å². The largest absolute Gasteiger partial charge is 0.416 e. The highest BCUT2D eigenvalue weighted by atomic mass is 32.2. The lowest BCUT2D eigenvalue weighted by molar-refractivity contribution is -0.140. The summed E-state index contributed by atoms with van der Waals surface area (Å²) in [5.74, 6) is -1.01. The van der Waals surface area contributed by atoms with Crippen molar-refractivity contribution in [2.24, 2.45) is 0 Å². The topological polar surface area (TPSA) is 86.8 Å². The van der Waals surface area contributed by atoms with E-state index in [4.69, 9.17) is 0 Å². The second kappa shape index (κ2) is 12.8. The monoisotopic (exact) mass is 567 g/mol. The summed E-state index contributed by atoms with van der Waals surface area (Å²) in [6.07, 6.45) is 1.25. The third kappa shape index (κ3) is 8.45. The van der Waals surface area contributed by atoms with Crippen molar-refractivity contribution < 1.29 is 31.2 Å². The Morgan fingerprint density at radius 2 is 1.69 bits per heavy atom. The first-order chi connectivity index (χ1) is 18.3. The number of nitrogens with one attached hydrogen (secondary N) is 1. The Labute approximate surface area is 228 Å². The predicted octanol–water partition coefficient (Wildman–Crippen LogP) is 5.04. The quantitative estimate of drug-likeness (QED) is 0.436. The standard InChI is InChI=1S/C28H36F3N3O4S/c1-4-25(27(36)32-23-10-6-5-7-11-23)33(18-21-15-13-20(2)14-16-21)26(35)19-34(39(3,37)38)24-12-8-9-22(17-24)28(29,30)31/h8-9,12-17,23,25H,4-7,10-11,18-19H2,1-3H3,(H,32,36)/t25-/m1/s1. The van der Waals surface area contributed by atoms with E-state index >= 15 is 0 Å². The fourth-order valence-electron chi connectivity index (χ4n) is 4.81. The summed E-state index contributed by atoms with van der Waals surface area (Å²) in [4.78, 5) is 28.4. The number of hydrogen-bond donors (Lipinski definition) is 1. The summed E-state index contributed by atoms with van der Waals surface area (Å²) in [6.45, 7) is 2.97. The van der Waals surface area contributed by atoms with Gasteiger partial charge in [-0.2, -0.15) is 13.2 Å². The minimum Gasteiger partial charge on any atom is -0.352 e. The summed E-state index contributed by atoms with van der Waals surface area (Å²) in [5.41, 5.74) is 0.431. The molecule has 1 saturated carbocycles. The van der Waals surface area contributed by atoms with E-state index in [-0.39, 0.29) is 30.6 Å². The van der Waals surface area contributed by atoms with Crippen LogP contribution in [0.4, 0.5) is 18.9 Å². The zero-order chi connectivity index (χ0) is 28.8. The van der Waals surface area contributed by atoms with Crippen molar-refractivity contribution in [3.8, 4) is 0 Å². The molecule has 1 N–H and O–H groups in total. The molecule has 11 heteroatoms. The molecule has 39 heavy (non-hydrogen) atoms. The van der Waals surface area contributed by atoms with Crippen LogP contribution in [0.3, 0.4) is 0 Å². The van der Waals surface area contributed by atoms with Crippen molar-refractivity contribution >= 4 is 27.5 Å². The van der Waals surface area contributed by atoms with Crippen LogP contribution in [0.15, 0.2) is 48.5 Å². The van der Waals surface area contributed by atoms with Crippen LogP contribution >= 0.6 is 0 Å². The molecule has 2 aromatic carbocycles. The van der Waals surface area contributed by atoms with Gasteiger partial charge in [0.05, 0.1) is 17.5 Å². The highest BCUT2D eigenvalue weighted by Gasteiger charge is 2.34. The second-order valence-electron chi connectivity index (χ2n) is 10.1. The van der Waals surface area contributed by atoms with E-state index in [0.717, 1.165) is 61.6 Å². The maximum atomic E-state index is 13.7. The zero-order valence-electron chi connectivity index (χ0n) is 22.5. The van der Waals surface area contributed by atoms with Gasteiger partial charge in [-0.3, -0.25) is 13.9 Å². The first-order valence-electron chi connectivity index (χ1n) is 13.1. The zero-order valence-corrected chi connectivity index (χ0v) is 23.3. The average molecular weight is 568 g/mol. The number of amides is 2. The van der Waals surface area contributed by atoms with E-state index in [1.807, 2.05) is 31.2 Å². The van der Waals surface area contributed by atoms with Crippen LogP contribution in [-0.4, -0.2) is 50.0 Å².